The molecule has 3 rings (SSSR count). The molecule has 50 heavy (non-hydrogen) atoms. The highest BCUT2D eigenvalue weighted by Crippen LogP contribution is 2.31. The van der Waals surface area contributed by atoms with Crippen LogP contribution in [0.25, 0.3) is 11.1 Å². The summed E-state index contributed by atoms with van der Waals surface area (Å²) in [6, 6.07) is 5.32. The molecule has 4 bridgehead atoms. The zero-order valence-corrected chi connectivity index (χ0v) is 29.7. The fourth-order valence-electron chi connectivity index (χ4n) is 5.11. The van der Waals surface area contributed by atoms with Crippen molar-refractivity contribution >= 4 is 29.9 Å². The number of alkyl carbamates (subject to hydrolysis) is 2. The second-order valence-electron chi connectivity index (χ2n) is 14.4. The van der Waals surface area contributed by atoms with Gasteiger partial charge in [-0.15, -0.1) is 0 Å². The lowest BCUT2D eigenvalue weighted by Gasteiger charge is -2.28. The number of ether oxygens (including phenoxy) is 2. The fraction of sp³-hybridized carbons (Fsp3) is 0.514. The Hall–Kier alpha value is -5.05. The topological polar surface area (TPSA) is 216 Å². The first-order valence-electron chi connectivity index (χ1n) is 16.2. The number of fused-ring (bicyclic) bond motifs is 5. The zero-order chi connectivity index (χ0) is 37.6. The lowest BCUT2D eigenvalue weighted by Crippen LogP contribution is -2.58. The largest absolute Gasteiger partial charge is 0.508 e. The molecule has 0 aromatic heterocycles. The number of hydrogen-bond acceptors (Lipinski definition) is 10. The number of likely N-dealkylation sites (N-methyl/N-ethyl adjacent to an activating group) is 1. The summed E-state index contributed by atoms with van der Waals surface area (Å²) in [5.41, 5.74) is 0.0874. The molecular weight excluding hydrogens is 650 g/mol. The van der Waals surface area contributed by atoms with Gasteiger partial charge in [0.05, 0.1) is 6.10 Å². The van der Waals surface area contributed by atoms with Crippen LogP contribution < -0.4 is 21.3 Å². The van der Waals surface area contributed by atoms with Crippen molar-refractivity contribution in [3.8, 4) is 22.6 Å². The summed E-state index contributed by atoms with van der Waals surface area (Å²) < 4.78 is 10.6. The van der Waals surface area contributed by atoms with Gasteiger partial charge in [0, 0.05) is 39.9 Å². The number of phenolic OH excluding ortho intramolecular Hbond substituents is 2. The molecule has 0 unspecified atom stereocenters. The van der Waals surface area contributed by atoms with Crippen LogP contribution in [0.3, 0.4) is 0 Å². The number of hydrogen-bond donors (Lipinski definition) is 7. The van der Waals surface area contributed by atoms with Gasteiger partial charge >= 0.3 is 12.2 Å². The molecule has 0 aliphatic carbocycles. The van der Waals surface area contributed by atoms with Crippen LogP contribution in [-0.2, 0) is 36.7 Å². The first kappa shape index (κ1) is 39.4. The first-order chi connectivity index (χ1) is 23.1. The van der Waals surface area contributed by atoms with Crippen molar-refractivity contribution in [2.75, 3.05) is 20.6 Å². The second kappa shape index (κ2) is 16.1. The van der Waals surface area contributed by atoms with E-state index in [2.05, 4.69) is 21.3 Å². The molecule has 1 aliphatic rings. The van der Waals surface area contributed by atoms with Gasteiger partial charge in [0.15, 0.2) is 0 Å². The predicted octanol–water partition coefficient (Wildman–Crippen LogP) is 2.09. The van der Waals surface area contributed by atoms with Crippen LogP contribution in [0.5, 0.6) is 11.5 Å². The number of nitrogens with one attached hydrogen (secondary N) is 4. The molecule has 5 amide bonds. The van der Waals surface area contributed by atoms with Crippen molar-refractivity contribution in [3.63, 3.8) is 0 Å². The number of aromatic hydroxyl groups is 2. The average Bonchev–Trinajstić information content (AvgIpc) is 2.98. The van der Waals surface area contributed by atoms with Crippen LogP contribution >= 0.6 is 0 Å². The molecule has 1 heterocycles. The standard InChI is InChI=1S/C35H49N5O10/c1-34(2,3)49-32(47)36-18-23(41)17-25-30(45)38-26(31(46)40(7)8)16-22-14-20(10-12-28(22)43)19-9-11-27(42)21(13-19)15-24(29(44)37-25)39-33(48)50-35(4,5)6/h9-14,23-26,41-43H,15-18H2,1-8H3,(H,36,47)(H,37,44)(H,38,45)(H,39,48)/t23-,24+,25+,26+/m1/s1. The zero-order valence-electron chi connectivity index (χ0n) is 29.7. The highest BCUT2D eigenvalue weighted by molar-refractivity contribution is 5.94. The minimum atomic E-state index is -1.50. The molecule has 15 heteroatoms. The molecule has 0 spiro atoms. The van der Waals surface area contributed by atoms with E-state index < -0.39 is 71.8 Å². The number of carbonyl (C=O) groups excluding carboxylic acids is 5. The highest BCUT2D eigenvalue weighted by atomic mass is 16.6. The van der Waals surface area contributed by atoms with E-state index in [9.17, 15) is 39.3 Å². The third kappa shape index (κ3) is 11.8. The molecule has 2 aromatic rings. The molecule has 0 fully saturated rings. The summed E-state index contributed by atoms with van der Waals surface area (Å²) in [4.78, 5) is 67.5. The molecule has 0 saturated heterocycles. The van der Waals surface area contributed by atoms with Crippen molar-refractivity contribution in [1.82, 2.24) is 26.2 Å². The van der Waals surface area contributed by atoms with Gasteiger partial charge in [-0.3, -0.25) is 14.4 Å². The van der Waals surface area contributed by atoms with Crippen LogP contribution in [0.4, 0.5) is 9.59 Å². The van der Waals surface area contributed by atoms with Crippen molar-refractivity contribution in [2.24, 2.45) is 0 Å². The maximum absolute atomic E-state index is 13.9. The first-order valence-corrected chi connectivity index (χ1v) is 16.2. The summed E-state index contributed by atoms with van der Waals surface area (Å²) in [7, 11) is 2.99. The SMILES string of the molecule is CN(C)C(=O)[C@@H]1Cc2cc(ccc2O)-c2ccc(O)c(c2)C[C@H](NC(=O)OC(C)(C)C)C(=O)N[C@@H](C[C@@H](O)CNC(=O)OC(C)(C)C)C(=O)N1. The number of amides is 5. The molecule has 274 valence electrons. The van der Waals surface area contributed by atoms with E-state index in [1.807, 2.05) is 0 Å². The lowest BCUT2D eigenvalue weighted by atomic mass is 9.95. The van der Waals surface area contributed by atoms with Crippen LogP contribution in [0.2, 0.25) is 0 Å². The molecule has 0 radical (unpaired) electrons. The summed E-state index contributed by atoms with van der Waals surface area (Å²) in [6.45, 7) is 9.57. The number of aliphatic hydroxyl groups is 1. The molecule has 7 N–H and O–H groups in total. The molecule has 0 saturated carbocycles. The van der Waals surface area contributed by atoms with E-state index >= 15 is 0 Å². The maximum Gasteiger partial charge on any atom is 0.408 e. The van der Waals surface area contributed by atoms with Crippen molar-refractivity contribution < 1.29 is 48.8 Å². The monoisotopic (exact) mass is 699 g/mol. The third-order valence-electron chi connectivity index (χ3n) is 7.42. The summed E-state index contributed by atoms with van der Waals surface area (Å²) in [5.74, 6) is -2.54. The van der Waals surface area contributed by atoms with Gasteiger partial charge in [0.2, 0.25) is 17.7 Å². The number of rotatable bonds is 6. The predicted molar refractivity (Wildman–Crippen MR) is 183 cm³/mol. The molecular formula is C35H49N5O10. The summed E-state index contributed by atoms with van der Waals surface area (Å²) in [6.07, 6.45) is -3.95. The quantitative estimate of drug-likeness (QED) is 0.233. The number of aliphatic hydroxyl groups excluding tert-OH is 1. The van der Waals surface area contributed by atoms with Crippen molar-refractivity contribution in [2.45, 2.75) is 96.2 Å². The Balaban J connectivity index is 2.09. The van der Waals surface area contributed by atoms with Gasteiger partial charge in [-0.2, -0.15) is 0 Å². The van der Waals surface area contributed by atoms with Gasteiger partial charge in [-0.25, -0.2) is 9.59 Å². The Morgan fingerprint density at radius 3 is 1.88 bits per heavy atom. The summed E-state index contributed by atoms with van der Waals surface area (Å²) >= 11 is 0. The smallest absolute Gasteiger partial charge is 0.408 e. The van der Waals surface area contributed by atoms with Crippen molar-refractivity contribution in [3.05, 3.63) is 47.5 Å². The minimum Gasteiger partial charge on any atom is -0.508 e. The minimum absolute atomic E-state index is 0.127. The van der Waals surface area contributed by atoms with Crippen LogP contribution in [0, 0.1) is 0 Å². The Bertz CT molecular complexity index is 1580. The summed E-state index contributed by atoms with van der Waals surface area (Å²) in [5, 5.41) is 42.6. The Kier molecular flexibility index (Phi) is 12.7. The molecule has 4 atom stereocenters. The van der Waals surface area contributed by atoms with E-state index in [0.717, 1.165) is 0 Å². The maximum atomic E-state index is 13.9. The number of benzene rings is 2. The number of nitrogens with zero attached hydrogens (tertiary/aromatic N) is 1. The highest BCUT2D eigenvalue weighted by Gasteiger charge is 2.34. The molecule has 15 nitrogen and oxygen atoms in total. The molecule has 1 aliphatic heterocycles. The van der Waals surface area contributed by atoms with E-state index in [1.165, 1.54) is 31.1 Å². The Labute approximate surface area is 291 Å². The van der Waals surface area contributed by atoms with E-state index in [4.69, 9.17) is 9.47 Å². The van der Waals surface area contributed by atoms with Gasteiger partial charge in [-0.05, 0) is 88.1 Å². The van der Waals surface area contributed by atoms with Gasteiger partial charge in [-0.1, -0.05) is 12.1 Å². The van der Waals surface area contributed by atoms with Crippen LogP contribution in [0.15, 0.2) is 36.4 Å². The van der Waals surface area contributed by atoms with Gasteiger partial charge in [0.1, 0.15) is 40.8 Å². The van der Waals surface area contributed by atoms with Gasteiger partial charge < -0.3 is 51.0 Å². The number of carbonyl (C=O) groups is 5. The lowest BCUT2D eigenvalue weighted by molar-refractivity contribution is -0.136. The van der Waals surface area contributed by atoms with Crippen LogP contribution in [-0.4, -0.2) is 106 Å². The van der Waals surface area contributed by atoms with Gasteiger partial charge in [0.25, 0.3) is 0 Å². The van der Waals surface area contributed by atoms with E-state index in [-0.39, 0.29) is 36.4 Å². The van der Waals surface area contributed by atoms with Crippen molar-refractivity contribution in [1.29, 1.82) is 0 Å². The fourth-order valence-corrected chi connectivity index (χ4v) is 5.11. The normalized spacial score (nSPS) is 19.0. The van der Waals surface area contributed by atoms with E-state index in [0.29, 0.717) is 16.7 Å². The molecule has 2 aromatic carbocycles. The van der Waals surface area contributed by atoms with E-state index in [1.54, 1.807) is 65.8 Å². The Morgan fingerprint density at radius 2 is 1.36 bits per heavy atom. The Morgan fingerprint density at radius 1 is 0.840 bits per heavy atom. The van der Waals surface area contributed by atoms with Crippen LogP contribution in [0.1, 0.15) is 59.1 Å². The third-order valence-corrected chi connectivity index (χ3v) is 7.42. The second-order valence-corrected chi connectivity index (χ2v) is 14.4. The average molecular weight is 700 g/mol. The number of phenols is 2.